The molecule has 12 heteroatoms. The Hall–Kier alpha value is -3.37. The van der Waals surface area contributed by atoms with Crippen LogP contribution in [-0.2, 0) is 17.9 Å². The van der Waals surface area contributed by atoms with Crippen LogP contribution in [0, 0.1) is 0 Å². The second-order valence-electron chi connectivity index (χ2n) is 7.23. The number of carbonyl (C=O) groups is 1. The Kier molecular flexibility index (Phi) is 7.72. The smallest absolute Gasteiger partial charge is 0.330 e. The number of halogens is 2. The van der Waals surface area contributed by atoms with Crippen LogP contribution in [0.2, 0.25) is 10.0 Å². The number of benzene rings is 1. The van der Waals surface area contributed by atoms with Gasteiger partial charge < -0.3 is 10.6 Å². The lowest BCUT2D eigenvalue weighted by molar-refractivity contribution is -0.119. The highest BCUT2D eigenvalue weighted by atomic mass is 35.5. The molecule has 0 saturated carbocycles. The van der Waals surface area contributed by atoms with E-state index in [1.54, 1.807) is 12.1 Å². The summed E-state index contributed by atoms with van der Waals surface area (Å²) < 4.78 is 2.03. The van der Waals surface area contributed by atoms with Gasteiger partial charge in [0.05, 0.1) is 17.8 Å². The number of nitrogens with one attached hydrogen (secondary N) is 1. The van der Waals surface area contributed by atoms with Gasteiger partial charge in [-0.25, -0.2) is 9.48 Å². The van der Waals surface area contributed by atoms with Crippen molar-refractivity contribution >= 4 is 40.6 Å². The van der Waals surface area contributed by atoms with Gasteiger partial charge >= 0.3 is 5.69 Å². The quantitative estimate of drug-likeness (QED) is 0.492. The predicted octanol–water partition coefficient (Wildman–Crippen LogP) is 1.86. The molecule has 2 aromatic heterocycles. The number of hydrogen-bond acceptors (Lipinski definition) is 6. The van der Waals surface area contributed by atoms with Crippen LogP contribution >= 0.6 is 23.2 Å². The van der Waals surface area contributed by atoms with Gasteiger partial charge in [0, 0.05) is 6.54 Å². The predicted molar refractivity (Wildman–Crippen MR) is 127 cm³/mol. The molecule has 0 spiro atoms. The van der Waals surface area contributed by atoms with Gasteiger partial charge in [0.1, 0.15) is 17.4 Å². The minimum atomic E-state index is -0.805. The lowest BCUT2D eigenvalue weighted by Gasteiger charge is -2.24. The van der Waals surface area contributed by atoms with Crippen LogP contribution < -0.4 is 27.4 Å². The van der Waals surface area contributed by atoms with Crippen LogP contribution in [0.15, 0.2) is 50.9 Å². The van der Waals surface area contributed by atoms with Gasteiger partial charge in [0.2, 0.25) is 5.91 Å². The molecule has 0 aliphatic rings. The van der Waals surface area contributed by atoms with Gasteiger partial charge in [-0.3, -0.25) is 23.9 Å². The summed E-state index contributed by atoms with van der Waals surface area (Å²) in [4.78, 5) is 54.1. The third-order valence-electron chi connectivity index (χ3n) is 4.93. The Bertz CT molecular complexity index is 1330. The lowest BCUT2D eigenvalue weighted by atomic mass is 10.2. The van der Waals surface area contributed by atoms with E-state index in [1.165, 1.54) is 4.57 Å². The summed E-state index contributed by atoms with van der Waals surface area (Å²) in [6, 6.07) is 9.06. The highest BCUT2D eigenvalue weighted by Gasteiger charge is 2.25. The molecule has 10 nitrogen and oxygen atoms in total. The minimum Gasteiger partial charge on any atom is -0.383 e. The number of nitrogens with two attached hydrogens (primary N) is 1. The van der Waals surface area contributed by atoms with Crippen LogP contribution in [0.25, 0.3) is 0 Å². The van der Waals surface area contributed by atoms with Crippen molar-refractivity contribution in [2.24, 2.45) is 0 Å². The second kappa shape index (κ2) is 10.5. The number of carbonyl (C=O) groups excluding carboxylic acids is 1. The van der Waals surface area contributed by atoms with E-state index in [-0.39, 0.29) is 34.6 Å². The fraction of sp³-hybridized carbons (Fsp3) is 0.286. The Morgan fingerprint density at radius 3 is 2.55 bits per heavy atom. The molecular weight excluding hydrogens is 471 g/mol. The molecule has 3 rings (SSSR count). The van der Waals surface area contributed by atoms with Gasteiger partial charge in [-0.1, -0.05) is 66.9 Å². The van der Waals surface area contributed by atoms with Crippen LogP contribution in [0.3, 0.4) is 0 Å². The monoisotopic (exact) mass is 492 g/mol. The van der Waals surface area contributed by atoms with Gasteiger partial charge in [0.15, 0.2) is 5.69 Å². The molecule has 0 unspecified atom stereocenters. The van der Waals surface area contributed by atoms with Crippen LogP contribution in [0.5, 0.6) is 0 Å². The first-order chi connectivity index (χ1) is 15.7. The molecular formula is C21H22Cl2N6O4. The molecule has 2 heterocycles. The van der Waals surface area contributed by atoms with Crippen molar-refractivity contribution in [3.8, 4) is 0 Å². The van der Waals surface area contributed by atoms with Gasteiger partial charge in [0.25, 0.3) is 11.1 Å². The van der Waals surface area contributed by atoms with Gasteiger partial charge in [-0.15, -0.1) is 0 Å². The van der Waals surface area contributed by atoms with E-state index < -0.39 is 29.3 Å². The molecule has 1 amide bonds. The van der Waals surface area contributed by atoms with Crippen molar-refractivity contribution in [2.75, 3.05) is 17.2 Å². The van der Waals surface area contributed by atoms with E-state index in [0.29, 0.717) is 6.42 Å². The van der Waals surface area contributed by atoms with E-state index in [1.807, 2.05) is 25.1 Å². The molecule has 174 valence electrons. The molecule has 3 N–H and O–H groups in total. The van der Waals surface area contributed by atoms with Gasteiger partial charge in [-0.2, -0.15) is 5.10 Å². The summed E-state index contributed by atoms with van der Waals surface area (Å²) in [6.45, 7) is 1.65. The summed E-state index contributed by atoms with van der Waals surface area (Å²) in [5, 5.41) is 3.53. The zero-order valence-electron chi connectivity index (χ0n) is 17.8. The zero-order valence-corrected chi connectivity index (χ0v) is 19.3. The number of nitrogen functional groups attached to an aromatic ring is 1. The topological polar surface area (TPSA) is 136 Å². The molecule has 1 aromatic carbocycles. The highest BCUT2D eigenvalue weighted by molar-refractivity contribution is 6.41. The third kappa shape index (κ3) is 5.35. The van der Waals surface area contributed by atoms with Crippen molar-refractivity contribution in [1.82, 2.24) is 19.3 Å². The summed E-state index contributed by atoms with van der Waals surface area (Å²) in [6.07, 6.45) is 2.42. The van der Waals surface area contributed by atoms with E-state index >= 15 is 0 Å². The van der Waals surface area contributed by atoms with Crippen LogP contribution in [-0.4, -0.2) is 31.8 Å². The molecule has 0 aliphatic heterocycles. The van der Waals surface area contributed by atoms with Crippen LogP contribution in [0.4, 0.5) is 11.5 Å². The second-order valence-corrected chi connectivity index (χ2v) is 8.02. The Morgan fingerprint density at radius 2 is 1.88 bits per heavy atom. The summed E-state index contributed by atoms with van der Waals surface area (Å²) in [7, 11) is 0. The van der Waals surface area contributed by atoms with E-state index in [2.05, 4.69) is 10.1 Å². The number of aromatic amines is 1. The van der Waals surface area contributed by atoms with Crippen molar-refractivity contribution < 1.29 is 4.79 Å². The Balaban J connectivity index is 2.05. The van der Waals surface area contributed by atoms with Crippen molar-refractivity contribution in [3.05, 3.63) is 83.3 Å². The average molecular weight is 493 g/mol. The Morgan fingerprint density at radius 1 is 1.18 bits per heavy atom. The molecule has 33 heavy (non-hydrogen) atoms. The molecule has 0 atom stereocenters. The number of unbranched alkanes of at least 4 members (excludes halogenated alkanes) is 1. The van der Waals surface area contributed by atoms with Crippen molar-refractivity contribution in [1.29, 1.82) is 0 Å². The lowest BCUT2D eigenvalue weighted by Crippen LogP contribution is -2.44. The standard InChI is InChI=1S/C21H22Cl2N6O4/c1-2-3-9-27(15(30)12-29-20(32)16(23)14(22)10-25-29)17-18(24)28(21(33)26-19(17)31)11-13-7-5-4-6-8-13/h4-8,10H,2-3,9,11-12,24H2,1H3,(H,26,31,33). The first-order valence-corrected chi connectivity index (χ1v) is 10.9. The van der Waals surface area contributed by atoms with E-state index in [4.69, 9.17) is 28.9 Å². The molecule has 0 fully saturated rings. The first-order valence-electron chi connectivity index (χ1n) is 10.1. The van der Waals surface area contributed by atoms with Gasteiger partial charge in [-0.05, 0) is 12.0 Å². The number of aromatic nitrogens is 4. The fourth-order valence-electron chi connectivity index (χ4n) is 3.21. The fourth-order valence-corrected chi connectivity index (χ4v) is 3.48. The molecule has 0 saturated heterocycles. The summed E-state index contributed by atoms with van der Waals surface area (Å²) in [5.74, 6) is -0.787. The first kappa shape index (κ1) is 24.3. The SMILES string of the molecule is CCCCN(C(=O)Cn1ncc(Cl)c(Cl)c1=O)c1c(N)n(Cc2ccccc2)c(=O)[nH]c1=O. The number of H-pyrrole nitrogens is 1. The average Bonchev–Trinajstić information content (AvgIpc) is 2.79. The number of amides is 1. The number of anilines is 2. The normalized spacial score (nSPS) is 10.9. The molecule has 0 radical (unpaired) electrons. The summed E-state index contributed by atoms with van der Waals surface area (Å²) in [5.41, 5.74) is 4.60. The van der Waals surface area contributed by atoms with Crippen molar-refractivity contribution in [3.63, 3.8) is 0 Å². The zero-order chi connectivity index (χ0) is 24.1. The Labute approximate surface area is 198 Å². The third-order valence-corrected chi connectivity index (χ3v) is 5.68. The number of nitrogens with zero attached hydrogens (tertiary/aromatic N) is 4. The summed E-state index contributed by atoms with van der Waals surface area (Å²) >= 11 is 11.7. The maximum Gasteiger partial charge on any atom is 0.330 e. The van der Waals surface area contributed by atoms with E-state index in [9.17, 15) is 19.2 Å². The number of rotatable bonds is 8. The maximum absolute atomic E-state index is 13.2. The van der Waals surface area contributed by atoms with Crippen LogP contribution in [0.1, 0.15) is 25.3 Å². The largest absolute Gasteiger partial charge is 0.383 e. The number of hydrogen-bond donors (Lipinski definition) is 2. The molecule has 0 bridgehead atoms. The highest BCUT2D eigenvalue weighted by Crippen LogP contribution is 2.19. The maximum atomic E-state index is 13.2. The van der Waals surface area contributed by atoms with E-state index in [0.717, 1.165) is 27.8 Å². The van der Waals surface area contributed by atoms with Crippen molar-refractivity contribution in [2.45, 2.75) is 32.9 Å². The molecule has 0 aliphatic carbocycles. The molecule has 3 aromatic rings. The minimum absolute atomic E-state index is 0.0399.